The Bertz CT molecular complexity index is 1560. The number of rotatable bonds is 0. The first-order valence-corrected chi connectivity index (χ1v) is 11.5. The van der Waals surface area contributed by atoms with Crippen LogP contribution in [-0.2, 0) is 11.8 Å². The second-order valence-electron chi connectivity index (χ2n) is 9.54. The van der Waals surface area contributed by atoms with Gasteiger partial charge in [0.2, 0.25) is 0 Å². The maximum absolute atomic E-state index is 13.3. The summed E-state index contributed by atoms with van der Waals surface area (Å²) in [6, 6.07) is 14.1. The Morgan fingerprint density at radius 3 is 2.35 bits per heavy atom. The highest BCUT2D eigenvalue weighted by atomic mass is 16.3. The molecule has 7 rings (SSSR count). The Labute approximate surface area is 195 Å². The van der Waals surface area contributed by atoms with Gasteiger partial charge in [-0.1, -0.05) is 36.4 Å². The lowest BCUT2D eigenvalue weighted by Gasteiger charge is -2.45. The van der Waals surface area contributed by atoms with Crippen molar-refractivity contribution in [2.75, 3.05) is 0 Å². The lowest BCUT2D eigenvalue weighted by atomic mass is 9.56. The summed E-state index contributed by atoms with van der Waals surface area (Å²) in [4.78, 5) is 26.2. The van der Waals surface area contributed by atoms with Crippen molar-refractivity contribution in [1.29, 1.82) is 0 Å². The summed E-state index contributed by atoms with van der Waals surface area (Å²) in [6.45, 7) is 0. The molecular weight excluding hydrogens is 428 g/mol. The minimum Gasteiger partial charge on any atom is -0.508 e. The normalized spacial score (nSPS) is 23.6. The highest BCUT2D eigenvalue weighted by Gasteiger charge is 2.58. The van der Waals surface area contributed by atoms with Crippen LogP contribution in [0.25, 0.3) is 11.1 Å². The first kappa shape index (κ1) is 19.4. The third kappa shape index (κ3) is 2.06. The number of Topliss-reactive ketones (excluding diaryl/α,β-unsaturated/α-hetero) is 1. The van der Waals surface area contributed by atoms with Crippen molar-refractivity contribution < 1.29 is 24.9 Å². The standard InChI is InChI=1S/C29H20O5/c30-20-5-1-3-16-15(20)8-7-14-13-24(34)26-18(4-2-6-21(26)31)29(14)19-10-12-23(33)27-22(32)11-9-17(25(19)27)28(16)29/h1-6,9-12,14,30-31,33H,7-8,13H2/t14-,29-/m1/s1. The van der Waals surface area contributed by atoms with E-state index >= 15 is 0 Å². The summed E-state index contributed by atoms with van der Waals surface area (Å²) in [7, 11) is 0. The summed E-state index contributed by atoms with van der Waals surface area (Å²) >= 11 is 0. The third-order valence-electron chi connectivity index (χ3n) is 8.14. The molecule has 166 valence electrons. The summed E-state index contributed by atoms with van der Waals surface area (Å²) < 4.78 is 0. The van der Waals surface area contributed by atoms with E-state index in [1.807, 2.05) is 24.3 Å². The average Bonchev–Trinajstić information content (AvgIpc) is 3.01. The van der Waals surface area contributed by atoms with Gasteiger partial charge in [0, 0.05) is 17.5 Å². The van der Waals surface area contributed by atoms with Gasteiger partial charge in [0.05, 0.1) is 16.5 Å². The molecule has 5 heteroatoms. The van der Waals surface area contributed by atoms with Crippen LogP contribution in [0.4, 0.5) is 0 Å². The molecular formula is C29H20O5. The van der Waals surface area contributed by atoms with Gasteiger partial charge in [0.25, 0.3) is 0 Å². The van der Waals surface area contributed by atoms with Gasteiger partial charge < -0.3 is 15.3 Å². The molecule has 0 bridgehead atoms. The minimum absolute atomic E-state index is 0.0504. The SMILES string of the molecule is O=C1C[C@H]2CCc3c(O)cccc3C3=C4C=CC(=O)c5c(O)ccc(c54)[C@@]32c2cccc(O)c21. The lowest BCUT2D eigenvalue weighted by molar-refractivity contribution is 0.0922. The average molecular weight is 448 g/mol. The number of phenolic OH excluding ortho intramolecular Hbond substituents is 3. The summed E-state index contributed by atoms with van der Waals surface area (Å²) in [6.07, 6.45) is 4.77. The van der Waals surface area contributed by atoms with Crippen molar-refractivity contribution in [2.45, 2.75) is 24.7 Å². The van der Waals surface area contributed by atoms with Crippen LogP contribution in [0.2, 0.25) is 0 Å². The molecule has 0 aromatic heterocycles. The minimum atomic E-state index is -0.802. The van der Waals surface area contributed by atoms with E-state index in [9.17, 15) is 24.9 Å². The fraction of sp³-hybridized carbons (Fsp3) is 0.172. The van der Waals surface area contributed by atoms with Crippen molar-refractivity contribution in [3.63, 3.8) is 0 Å². The number of aromatic hydroxyl groups is 3. The molecule has 4 aliphatic rings. The highest BCUT2D eigenvalue weighted by Crippen LogP contribution is 2.66. The van der Waals surface area contributed by atoms with Crippen LogP contribution < -0.4 is 0 Å². The molecule has 3 aromatic carbocycles. The Morgan fingerprint density at radius 1 is 0.765 bits per heavy atom. The van der Waals surface area contributed by atoms with Gasteiger partial charge >= 0.3 is 0 Å². The molecule has 0 heterocycles. The molecule has 0 aliphatic heterocycles. The van der Waals surface area contributed by atoms with Crippen molar-refractivity contribution >= 4 is 22.7 Å². The number of carbonyl (C=O) groups is 2. The number of hydrogen-bond donors (Lipinski definition) is 3. The fourth-order valence-electron chi connectivity index (χ4n) is 6.96. The molecule has 4 aliphatic carbocycles. The Hall–Kier alpha value is -4.12. The van der Waals surface area contributed by atoms with E-state index < -0.39 is 5.41 Å². The molecule has 5 nitrogen and oxygen atoms in total. The van der Waals surface area contributed by atoms with Gasteiger partial charge in [-0.05, 0) is 70.9 Å². The van der Waals surface area contributed by atoms with Crippen LogP contribution in [0.1, 0.15) is 61.4 Å². The van der Waals surface area contributed by atoms with Gasteiger partial charge in [-0.3, -0.25) is 9.59 Å². The van der Waals surface area contributed by atoms with Crippen LogP contribution >= 0.6 is 0 Å². The molecule has 1 spiro atoms. The van der Waals surface area contributed by atoms with E-state index in [0.29, 0.717) is 24.0 Å². The maximum atomic E-state index is 13.3. The molecule has 0 saturated carbocycles. The summed E-state index contributed by atoms with van der Waals surface area (Å²) in [5.74, 6) is -0.431. The summed E-state index contributed by atoms with van der Waals surface area (Å²) in [5.41, 5.74) is 5.49. The molecule has 3 N–H and O–H groups in total. The van der Waals surface area contributed by atoms with Gasteiger partial charge in [0.1, 0.15) is 17.2 Å². The molecule has 2 atom stereocenters. The Kier molecular flexibility index (Phi) is 3.56. The number of fused-ring (bicyclic) bond motifs is 3. The number of carbonyl (C=O) groups excluding carboxylic acids is 2. The smallest absolute Gasteiger partial charge is 0.190 e. The van der Waals surface area contributed by atoms with Gasteiger partial charge in [-0.2, -0.15) is 0 Å². The number of allylic oxidation sites excluding steroid dienone is 4. The molecule has 3 aromatic rings. The lowest BCUT2D eigenvalue weighted by Crippen LogP contribution is -2.42. The predicted octanol–water partition coefficient (Wildman–Crippen LogP) is 4.92. The van der Waals surface area contributed by atoms with E-state index in [1.54, 1.807) is 24.3 Å². The van der Waals surface area contributed by atoms with Crippen LogP contribution in [0.15, 0.2) is 60.7 Å². The molecule has 0 fully saturated rings. The number of ketones is 2. The van der Waals surface area contributed by atoms with Crippen LogP contribution in [0.5, 0.6) is 17.2 Å². The Balaban J connectivity index is 1.74. The van der Waals surface area contributed by atoms with Gasteiger partial charge in [-0.25, -0.2) is 0 Å². The molecule has 0 unspecified atom stereocenters. The van der Waals surface area contributed by atoms with Gasteiger partial charge in [-0.15, -0.1) is 0 Å². The Morgan fingerprint density at radius 2 is 1.50 bits per heavy atom. The van der Waals surface area contributed by atoms with Crippen LogP contribution in [0, 0.1) is 5.92 Å². The highest BCUT2D eigenvalue weighted by molar-refractivity contribution is 6.22. The third-order valence-corrected chi connectivity index (χ3v) is 8.14. The van der Waals surface area contributed by atoms with Gasteiger partial charge in [0.15, 0.2) is 11.6 Å². The number of hydrogen-bond acceptors (Lipinski definition) is 5. The van der Waals surface area contributed by atoms with Crippen molar-refractivity contribution in [2.24, 2.45) is 5.92 Å². The molecule has 0 radical (unpaired) electrons. The summed E-state index contributed by atoms with van der Waals surface area (Å²) in [5, 5.41) is 32.3. The van der Waals surface area contributed by atoms with E-state index in [4.69, 9.17) is 0 Å². The second-order valence-corrected chi connectivity index (χ2v) is 9.54. The topological polar surface area (TPSA) is 94.8 Å². The first-order valence-electron chi connectivity index (χ1n) is 11.5. The zero-order valence-electron chi connectivity index (χ0n) is 18.1. The molecule has 0 amide bonds. The largest absolute Gasteiger partial charge is 0.508 e. The zero-order chi connectivity index (χ0) is 23.4. The maximum Gasteiger partial charge on any atom is 0.190 e. The quantitative estimate of drug-likeness (QED) is 0.454. The van der Waals surface area contributed by atoms with Crippen molar-refractivity contribution in [1.82, 2.24) is 0 Å². The first-order chi connectivity index (χ1) is 16.4. The van der Waals surface area contributed by atoms with E-state index in [2.05, 4.69) is 0 Å². The fourth-order valence-corrected chi connectivity index (χ4v) is 6.96. The second kappa shape index (κ2) is 6.26. The van der Waals surface area contributed by atoms with E-state index in [0.717, 1.165) is 33.4 Å². The van der Waals surface area contributed by atoms with E-state index in [-0.39, 0.29) is 46.7 Å². The van der Waals surface area contributed by atoms with Crippen LogP contribution in [0.3, 0.4) is 0 Å². The van der Waals surface area contributed by atoms with E-state index in [1.165, 1.54) is 12.1 Å². The number of phenols is 3. The molecule has 34 heavy (non-hydrogen) atoms. The monoisotopic (exact) mass is 448 g/mol. The van der Waals surface area contributed by atoms with Crippen molar-refractivity contribution in [3.8, 4) is 17.2 Å². The van der Waals surface area contributed by atoms with Crippen molar-refractivity contribution in [3.05, 3.63) is 99.6 Å². The number of benzene rings is 3. The van der Waals surface area contributed by atoms with Crippen LogP contribution in [-0.4, -0.2) is 26.9 Å². The molecule has 0 saturated heterocycles. The predicted molar refractivity (Wildman–Crippen MR) is 126 cm³/mol. The zero-order valence-corrected chi connectivity index (χ0v) is 18.1.